The number of pyridine rings is 1. The van der Waals surface area contributed by atoms with Gasteiger partial charge in [0.1, 0.15) is 0 Å². The normalized spacial score (nSPS) is 11.8. The van der Waals surface area contributed by atoms with E-state index in [4.69, 9.17) is 0 Å². The Hall–Kier alpha value is -1.46. The second-order valence-corrected chi connectivity index (χ2v) is 5.46. The number of hydrogen-bond donors (Lipinski definition) is 1. The Bertz CT molecular complexity index is 608. The van der Waals surface area contributed by atoms with E-state index in [2.05, 4.69) is 9.71 Å². The van der Waals surface area contributed by atoms with Crippen LogP contribution in [0.3, 0.4) is 0 Å². The summed E-state index contributed by atoms with van der Waals surface area (Å²) >= 11 is 0. The maximum absolute atomic E-state index is 10.9. The van der Waals surface area contributed by atoms with Crippen LogP contribution in [0.4, 0.5) is 0 Å². The Morgan fingerprint density at radius 1 is 1.31 bits per heavy atom. The molecule has 16 heavy (non-hydrogen) atoms. The van der Waals surface area contributed by atoms with Crippen LogP contribution in [-0.4, -0.2) is 19.7 Å². The van der Waals surface area contributed by atoms with Gasteiger partial charge in [-0.1, -0.05) is 18.2 Å². The molecule has 2 aromatic rings. The van der Waals surface area contributed by atoms with Crippen molar-refractivity contribution >= 4 is 20.9 Å². The molecule has 1 N–H and O–H groups in total. The quantitative estimate of drug-likeness (QED) is 0.873. The second-order valence-electron chi connectivity index (χ2n) is 3.63. The lowest BCUT2D eigenvalue weighted by Gasteiger charge is -2.03. The van der Waals surface area contributed by atoms with E-state index in [9.17, 15) is 8.42 Å². The first-order valence-corrected chi connectivity index (χ1v) is 6.72. The van der Waals surface area contributed by atoms with Gasteiger partial charge in [0.15, 0.2) is 0 Å². The minimum atomic E-state index is -3.15. The van der Waals surface area contributed by atoms with Crippen molar-refractivity contribution in [3.8, 4) is 0 Å². The molecule has 0 aliphatic heterocycles. The topological polar surface area (TPSA) is 59.1 Å². The molecule has 0 saturated carbocycles. The number of para-hydroxylation sites is 1. The van der Waals surface area contributed by atoms with Gasteiger partial charge in [0.25, 0.3) is 0 Å². The monoisotopic (exact) mass is 236 g/mol. The van der Waals surface area contributed by atoms with Gasteiger partial charge in [-0.15, -0.1) is 0 Å². The third kappa shape index (κ3) is 2.77. The predicted molar refractivity (Wildman–Crippen MR) is 63.4 cm³/mol. The minimum absolute atomic E-state index is 0.274. The first kappa shape index (κ1) is 11.0. The van der Waals surface area contributed by atoms with Crippen LogP contribution in [0, 0.1) is 0 Å². The molecule has 2 rings (SSSR count). The minimum Gasteiger partial charge on any atom is -0.256 e. The largest absolute Gasteiger partial charge is 0.256 e. The molecular formula is C11H12N2O2S. The van der Waals surface area contributed by atoms with Crippen molar-refractivity contribution < 1.29 is 8.42 Å². The highest BCUT2D eigenvalue weighted by molar-refractivity contribution is 7.88. The Morgan fingerprint density at radius 3 is 2.81 bits per heavy atom. The van der Waals surface area contributed by atoms with Crippen LogP contribution in [0.5, 0.6) is 0 Å². The Kier molecular flexibility index (Phi) is 2.89. The van der Waals surface area contributed by atoms with Gasteiger partial charge < -0.3 is 0 Å². The summed E-state index contributed by atoms with van der Waals surface area (Å²) < 4.78 is 24.3. The average molecular weight is 236 g/mol. The van der Waals surface area contributed by atoms with E-state index in [-0.39, 0.29) is 6.54 Å². The lowest BCUT2D eigenvalue weighted by molar-refractivity contribution is 0.587. The van der Waals surface area contributed by atoms with Crippen LogP contribution in [0.2, 0.25) is 0 Å². The number of nitrogens with zero attached hydrogens (tertiary/aromatic N) is 1. The van der Waals surface area contributed by atoms with Gasteiger partial charge in [-0.05, 0) is 17.7 Å². The fraction of sp³-hybridized carbons (Fsp3) is 0.182. The molecule has 0 unspecified atom stereocenters. The highest BCUT2D eigenvalue weighted by Gasteiger charge is 2.02. The van der Waals surface area contributed by atoms with Crippen molar-refractivity contribution in [3.05, 3.63) is 42.1 Å². The van der Waals surface area contributed by atoms with E-state index >= 15 is 0 Å². The molecule has 0 spiro atoms. The summed E-state index contributed by atoms with van der Waals surface area (Å²) in [5, 5.41) is 1.01. The summed E-state index contributed by atoms with van der Waals surface area (Å²) in [4.78, 5) is 4.25. The number of benzene rings is 1. The van der Waals surface area contributed by atoms with Crippen molar-refractivity contribution in [1.82, 2.24) is 9.71 Å². The van der Waals surface area contributed by atoms with Gasteiger partial charge in [-0.3, -0.25) is 4.98 Å². The van der Waals surface area contributed by atoms with E-state index in [1.807, 2.05) is 30.3 Å². The molecule has 84 valence electrons. The summed E-state index contributed by atoms with van der Waals surface area (Å²) in [6.07, 6.45) is 2.82. The molecule has 5 heteroatoms. The molecule has 0 saturated heterocycles. The molecule has 0 aliphatic rings. The molecule has 0 bridgehead atoms. The Morgan fingerprint density at radius 2 is 2.06 bits per heavy atom. The summed E-state index contributed by atoms with van der Waals surface area (Å²) in [6, 6.07) is 9.65. The first-order valence-electron chi connectivity index (χ1n) is 4.83. The lowest BCUT2D eigenvalue weighted by Crippen LogP contribution is -2.21. The summed E-state index contributed by atoms with van der Waals surface area (Å²) in [6.45, 7) is 0.274. The highest BCUT2D eigenvalue weighted by Crippen LogP contribution is 2.12. The van der Waals surface area contributed by atoms with Crippen LogP contribution in [0.25, 0.3) is 10.9 Å². The zero-order valence-electron chi connectivity index (χ0n) is 8.84. The van der Waals surface area contributed by atoms with Gasteiger partial charge in [0.2, 0.25) is 10.0 Å². The Labute approximate surface area is 94.4 Å². The SMILES string of the molecule is CS(=O)(=O)NCc1cnc2ccccc2c1. The van der Waals surface area contributed by atoms with Gasteiger partial charge >= 0.3 is 0 Å². The van der Waals surface area contributed by atoms with Crippen molar-refractivity contribution in [2.75, 3.05) is 6.26 Å². The van der Waals surface area contributed by atoms with Crippen LogP contribution < -0.4 is 4.72 Å². The van der Waals surface area contributed by atoms with Crippen LogP contribution >= 0.6 is 0 Å². The molecule has 4 nitrogen and oxygen atoms in total. The molecule has 0 amide bonds. The third-order valence-electron chi connectivity index (χ3n) is 2.19. The Balaban J connectivity index is 2.26. The molecule has 1 aromatic carbocycles. The molecule has 0 fully saturated rings. The van der Waals surface area contributed by atoms with E-state index < -0.39 is 10.0 Å². The average Bonchev–Trinajstić information content (AvgIpc) is 2.25. The standard InChI is InChI=1S/C11H12N2O2S/c1-16(14,15)13-8-9-6-10-4-2-3-5-11(10)12-7-9/h2-7,13H,8H2,1H3. The second kappa shape index (κ2) is 4.19. The lowest BCUT2D eigenvalue weighted by atomic mass is 10.2. The van der Waals surface area contributed by atoms with Crippen LogP contribution in [-0.2, 0) is 16.6 Å². The summed E-state index contributed by atoms with van der Waals surface area (Å²) in [5.41, 5.74) is 1.76. The van der Waals surface area contributed by atoms with Gasteiger partial charge in [-0.2, -0.15) is 0 Å². The fourth-order valence-corrected chi connectivity index (χ4v) is 1.86. The van der Waals surface area contributed by atoms with Crippen molar-refractivity contribution in [3.63, 3.8) is 0 Å². The number of fused-ring (bicyclic) bond motifs is 1. The van der Waals surface area contributed by atoms with E-state index in [1.54, 1.807) is 6.20 Å². The smallest absolute Gasteiger partial charge is 0.209 e. The third-order valence-corrected chi connectivity index (χ3v) is 2.85. The fourth-order valence-electron chi connectivity index (χ4n) is 1.43. The van der Waals surface area contributed by atoms with E-state index in [1.165, 1.54) is 0 Å². The zero-order chi connectivity index (χ0) is 11.6. The number of sulfonamides is 1. The molecule has 0 radical (unpaired) electrons. The number of aromatic nitrogens is 1. The van der Waals surface area contributed by atoms with Gasteiger partial charge in [0.05, 0.1) is 11.8 Å². The number of nitrogens with one attached hydrogen (secondary N) is 1. The van der Waals surface area contributed by atoms with Crippen molar-refractivity contribution in [1.29, 1.82) is 0 Å². The maximum Gasteiger partial charge on any atom is 0.209 e. The first-order chi connectivity index (χ1) is 7.54. The predicted octanol–water partition coefficient (Wildman–Crippen LogP) is 1.28. The molecule has 0 aliphatic carbocycles. The summed E-state index contributed by atoms with van der Waals surface area (Å²) in [5.74, 6) is 0. The van der Waals surface area contributed by atoms with E-state index in [0.717, 1.165) is 22.7 Å². The van der Waals surface area contributed by atoms with Crippen LogP contribution in [0.1, 0.15) is 5.56 Å². The van der Waals surface area contributed by atoms with Crippen LogP contribution in [0.15, 0.2) is 36.5 Å². The molecule has 1 aromatic heterocycles. The maximum atomic E-state index is 10.9. The van der Waals surface area contributed by atoms with E-state index in [0.29, 0.717) is 0 Å². The number of hydrogen-bond acceptors (Lipinski definition) is 3. The van der Waals surface area contributed by atoms with Crippen molar-refractivity contribution in [2.24, 2.45) is 0 Å². The van der Waals surface area contributed by atoms with Gasteiger partial charge in [0, 0.05) is 18.1 Å². The van der Waals surface area contributed by atoms with Gasteiger partial charge in [-0.25, -0.2) is 13.1 Å². The molecule has 1 heterocycles. The zero-order valence-corrected chi connectivity index (χ0v) is 9.66. The number of rotatable bonds is 3. The summed E-state index contributed by atoms with van der Waals surface area (Å²) in [7, 11) is -3.15. The molecule has 0 atom stereocenters. The van der Waals surface area contributed by atoms with Crippen molar-refractivity contribution in [2.45, 2.75) is 6.54 Å². The highest BCUT2D eigenvalue weighted by atomic mass is 32.2. The molecular weight excluding hydrogens is 224 g/mol.